The van der Waals surface area contributed by atoms with Gasteiger partial charge in [-0.3, -0.25) is 14.6 Å². The predicted molar refractivity (Wildman–Crippen MR) is 210 cm³/mol. The van der Waals surface area contributed by atoms with Gasteiger partial charge in [-0.15, -0.1) is 23.7 Å². The highest BCUT2D eigenvalue weighted by Gasteiger charge is 2.20. The minimum Gasteiger partial charge on any atom is -0.507 e. The van der Waals surface area contributed by atoms with Crippen molar-refractivity contribution in [2.45, 2.75) is 13.2 Å². The zero-order valence-electron chi connectivity index (χ0n) is 27.8. The Kier molecular flexibility index (Phi) is 13.9. The lowest BCUT2D eigenvalue weighted by Gasteiger charge is -2.33. The molecule has 1 aromatic heterocycles. The summed E-state index contributed by atoms with van der Waals surface area (Å²) in [6, 6.07) is 26.4. The molecule has 4 aromatic carbocycles. The third kappa shape index (κ3) is 11.4. The second-order valence-corrected chi connectivity index (χ2v) is 13.5. The number of urea groups is 1. The van der Waals surface area contributed by atoms with Crippen LogP contribution in [0.15, 0.2) is 101 Å². The van der Waals surface area contributed by atoms with E-state index >= 15 is 0 Å². The van der Waals surface area contributed by atoms with Crippen molar-refractivity contribution < 1.29 is 19.4 Å². The van der Waals surface area contributed by atoms with E-state index in [0.717, 1.165) is 54.6 Å². The number of nitrogens with one attached hydrogen (secondary N) is 3. The number of carbonyl (C=O) groups excluding carboxylic acids is 2. The first-order chi connectivity index (χ1) is 24.8. The molecule has 3 amide bonds. The van der Waals surface area contributed by atoms with E-state index in [1.807, 2.05) is 36.4 Å². The maximum atomic E-state index is 12.5. The predicted octanol–water partition coefficient (Wildman–Crippen LogP) is 7.74. The van der Waals surface area contributed by atoms with E-state index in [1.54, 1.807) is 59.9 Å². The second kappa shape index (κ2) is 18.7. The van der Waals surface area contributed by atoms with E-state index in [0.29, 0.717) is 39.3 Å². The highest BCUT2D eigenvalue weighted by molar-refractivity contribution is 7.13. The van der Waals surface area contributed by atoms with Crippen LogP contribution in [0.1, 0.15) is 16.8 Å². The van der Waals surface area contributed by atoms with Crippen LogP contribution in [0.2, 0.25) is 10.0 Å². The van der Waals surface area contributed by atoms with Gasteiger partial charge in [0, 0.05) is 76.7 Å². The molecule has 0 spiro atoms. The molecular formula is C37H36Cl3N7O4S. The molecule has 2 heterocycles. The number of nitrogens with zero attached hydrogens (tertiary/aromatic N) is 4. The largest absolute Gasteiger partial charge is 0.507 e. The highest BCUT2D eigenvalue weighted by atomic mass is 35.5. The van der Waals surface area contributed by atoms with Crippen LogP contribution in [-0.2, 0) is 17.9 Å². The van der Waals surface area contributed by atoms with E-state index < -0.39 is 0 Å². The van der Waals surface area contributed by atoms with E-state index in [9.17, 15) is 14.7 Å². The number of phenolic OH excluding ortho intramolecular Hbond substituents is 1. The molecule has 0 unspecified atom stereocenters. The number of rotatable bonds is 12. The molecule has 0 atom stereocenters. The molecule has 11 nitrogen and oxygen atoms in total. The van der Waals surface area contributed by atoms with Gasteiger partial charge in [0.1, 0.15) is 23.1 Å². The van der Waals surface area contributed by atoms with E-state index in [-0.39, 0.29) is 36.6 Å². The molecule has 1 fully saturated rings. The lowest BCUT2D eigenvalue weighted by atomic mass is 10.2. The van der Waals surface area contributed by atoms with Crippen LogP contribution in [0.4, 0.5) is 16.2 Å². The molecule has 5 aromatic rings. The maximum absolute atomic E-state index is 12.5. The first-order valence-electron chi connectivity index (χ1n) is 16.1. The molecule has 15 heteroatoms. The number of benzene rings is 4. The molecule has 0 saturated carbocycles. The Morgan fingerprint density at radius 1 is 0.885 bits per heavy atom. The van der Waals surface area contributed by atoms with Crippen molar-refractivity contribution in [1.29, 1.82) is 0 Å². The van der Waals surface area contributed by atoms with Gasteiger partial charge in [-0.05, 0) is 72.3 Å². The number of piperazine rings is 1. The third-order valence-electron chi connectivity index (χ3n) is 7.96. The molecule has 4 N–H and O–H groups in total. The van der Waals surface area contributed by atoms with Crippen LogP contribution in [0.25, 0.3) is 10.6 Å². The average Bonchev–Trinajstić information content (AvgIpc) is 3.58. The number of hydrogen-bond donors (Lipinski definition) is 4. The number of phenols is 1. The Morgan fingerprint density at radius 3 is 2.35 bits per heavy atom. The van der Waals surface area contributed by atoms with Gasteiger partial charge >= 0.3 is 6.03 Å². The van der Waals surface area contributed by atoms with Crippen molar-refractivity contribution in [2.24, 2.45) is 5.10 Å². The van der Waals surface area contributed by atoms with Crippen LogP contribution in [0, 0.1) is 0 Å². The number of anilines is 2. The topological polar surface area (TPSA) is 131 Å². The maximum Gasteiger partial charge on any atom is 0.323 e. The molecule has 1 saturated heterocycles. The molecular weight excluding hydrogens is 745 g/mol. The molecule has 0 radical (unpaired) electrons. The van der Waals surface area contributed by atoms with Crippen molar-refractivity contribution >= 4 is 76.5 Å². The van der Waals surface area contributed by atoms with Gasteiger partial charge in [0.15, 0.2) is 0 Å². The molecule has 0 aliphatic carbocycles. The van der Waals surface area contributed by atoms with Crippen molar-refractivity contribution in [2.75, 3.05) is 43.4 Å². The minimum absolute atomic E-state index is 0. The molecule has 270 valence electrons. The van der Waals surface area contributed by atoms with Crippen LogP contribution in [0.3, 0.4) is 0 Å². The van der Waals surface area contributed by atoms with Crippen molar-refractivity contribution in [3.63, 3.8) is 0 Å². The van der Waals surface area contributed by atoms with Crippen LogP contribution in [-0.4, -0.2) is 70.8 Å². The molecule has 1 aliphatic heterocycles. The first kappa shape index (κ1) is 38.5. The van der Waals surface area contributed by atoms with Gasteiger partial charge in [-0.2, -0.15) is 5.10 Å². The Morgan fingerprint density at radius 2 is 1.62 bits per heavy atom. The fourth-order valence-corrected chi connectivity index (χ4v) is 6.42. The van der Waals surface area contributed by atoms with Crippen molar-refractivity contribution in [1.82, 2.24) is 20.2 Å². The number of aromatic hydroxyl groups is 1. The lowest BCUT2D eigenvalue weighted by molar-refractivity contribution is -0.122. The first-order valence-corrected chi connectivity index (χ1v) is 17.7. The van der Waals surface area contributed by atoms with Crippen LogP contribution < -0.4 is 20.8 Å². The molecule has 52 heavy (non-hydrogen) atoms. The summed E-state index contributed by atoms with van der Waals surface area (Å²) in [6.45, 7) is 4.38. The van der Waals surface area contributed by atoms with Gasteiger partial charge in [0.05, 0.1) is 18.5 Å². The summed E-state index contributed by atoms with van der Waals surface area (Å²) in [6.07, 6.45) is 1.41. The Hall–Kier alpha value is -4.69. The summed E-state index contributed by atoms with van der Waals surface area (Å²) in [5.74, 6) is 0.276. The van der Waals surface area contributed by atoms with Gasteiger partial charge in [-0.1, -0.05) is 41.4 Å². The average molecular weight is 781 g/mol. The van der Waals surface area contributed by atoms with E-state index in [4.69, 9.17) is 32.9 Å². The van der Waals surface area contributed by atoms with Crippen molar-refractivity contribution in [3.05, 3.63) is 123 Å². The van der Waals surface area contributed by atoms with Crippen LogP contribution in [0.5, 0.6) is 11.5 Å². The quantitative estimate of drug-likeness (QED) is 0.0753. The lowest BCUT2D eigenvalue weighted by Crippen LogP contribution is -2.48. The number of ether oxygens (including phenoxy) is 1. The number of carbonyl (C=O) groups is 2. The van der Waals surface area contributed by atoms with Gasteiger partial charge in [0.25, 0.3) is 5.91 Å². The molecule has 1 aliphatic rings. The summed E-state index contributed by atoms with van der Waals surface area (Å²) in [5.41, 5.74) is 7.19. The van der Waals surface area contributed by atoms with E-state index in [2.05, 4.69) is 36.3 Å². The Balaban J connectivity index is 0.00000523. The monoisotopic (exact) mass is 779 g/mol. The Bertz CT molecular complexity index is 1990. The van der Waals surface area contributed by atoms with Gasteiger partial charge in [0.2, 0.25) is 0 Å². The van der Waals surface area contributed by atoms with E-state index in [1.165, 1.54) is 12.3 Å². The molecule has 0 bridgehead atoms. The fourth-order valence-electron chi connectivity index (χ4n) is 5.28. The smallest absolute Gasteiger partial charge is 0.323 e. The zero-order valence-corrected chi connectivity index (χ0v) is 30.9. The normalized spacial score (nSPS) is 13.3. The number of thiazole rings is 1. The summed E-state index contributed by atoms with van der Waals surface area (Å²) < 4.78 is 5.74. The van der Waals surface area contributed by atoms with Gasteiger partial charge < -0.3 is 20.5 Å². The number of halogens is 3. The fraction of sp³-hybridized carbons (Fsp3) is 0.189. The summed E-state index contributed by atoms with van der Waals surface area (Å²) >= 11 is 13.5. The van der Waals surface area contributed by atoms with Crippen LogP contribution >= 0.6 is 46.9 Å². The number of amides is 3. The summed E-state index contributed by atoms with van der Waals surface area (Å²) in [5, 5.41) is 24.2. The van der Waals surface area contributed by atoms with Crippen molar-refractivity contribution in [3.8, 4) is 22.1 Å². The number of hydrogen-bond acceptors (Lipinski definition) is 9. The zero-order chi connectivity index (χ0) is 35.6. The SMILES string of the molecule is Cl.O=C(CN1CCN(Cc2csc(-c3ccc(NC(=O)Nc4cccc(Cl)c4)cc3)n2)CC1)N/N=C/c1ccc(OCc2ccc(Cl)cc2)cc1O. The number of aromatic nitrogens is 1. The summed E-state index contributed by atoms with van der Waals surface area (Å²) in [7, 11) is 0. The standard InChI is InChI=1S/C37H35Cl2N7O4S.ClH/c38-28-9-4-25(5-10-28)23-50-33-13-8-27(34(47)19-33)20-40-44-35(48)22-46-16-14-45(15-17-46)21-32-24-51-36(41-32)26-6-11-30(12-7-26)42-37(49)43-31-3-1-2-29(39)18-31;/h1-13,18-20,24,47H,14-17,21-23H2,(H,44,48)(H2,42,43,49);1H/b40-20+;. The third-order valence-corrected chi connectivity index (χ3v) is 9.38. The van der Waals surface area contributed by atoms with Gasteiger partial charge in [-0.25, -0.2) is 15.2 Å². The summed E-state index contributed by atoms with van der Waals surface area (Å²) in [4.78, 5) is 34.1. The molecule has 6 rings (SSSR count). The highest BCUT2D eigenvalue weighted by Crippen LogP contribution is 2.27. The minimum atomic E-state index is -0.354. The number of hydrazone groups is 1. The Labute approximate surface area is 321 Å². The second-order valence-electron chi connectivity index (χ2n) is 11.8.